The number of hydrogen-bond donors (Lipinski definition) is 3. The van der Waals surface area contributed by atoms with Crippen LogP contribution in [0.3, 0.4) is 0 Å². The molecule has 2 aromatic carbocycles. The van der Waals surface area contributed by atoms with Crippen molar-refractivity contribution in [3.05, 3.63) is 59.7 Å². The Hall–Kier alpha value is -3.72. The fourth-order valence-corrected chi connectivity index (χ4v) is 4.46. The van der Waals surface area contributed by atoms with Crippen LogP contribution in [0, 0.1) is 6.92 Å². The van der Waals surface area contributed by atoms with Gasteiger partial charge >= 0.3 is 6.03 Å². The normalized spacial score (nSPS) is 20.1. The van der Waals surface area contributed by atoms with Crippen molar-refractivity contribution in [2.75, 3.05) is 23.7 Å². The van der Waals surface area contributed by atoms with Crippen LogP contribution in [-0.2, 0) is 20.9 Å². The number of aryl methyl sites for hydroxylation is 1. The highest BCUT2D eigenvalue weighted by molar-refractivity contribution is 6.03. The van der Waals surface area contributed by atoms with Crippen molar-refractivity contribution >= 4 is 35.1 Å². The second kappa shape index (κ2) is 10.0. The Morgan fingerprint density at radius 1 is 1.06 bits per heavy atom. The number of fused-ring (bicyclic) bond motifs is 1. The maximum atomic E-state index is 13.4. The smallest absolute Gasteiger partial charge is 0.326 e. The van der Waals surface area contributed by atoms with Crippen LogP contribution >= 0.6 is 0 Å². The third-order valence-electron chi connectivity index (χ3n) is 6.08. The van der Waals surface area contributed by atoms with E-state index >= 15 is 0 Å². The molecule has 34 heavy (non-hydrogen) atoms. The molecule has 2 heterocycles. The van der Waals surface area contributed by atoms with Crippen LogP contribution < -0.4 is 16.0 Å². The molecular formula is C25H29N5O4. The molecule has 0 aliphatic carbocycles. The summed E-state index contributed by atoms with van der Waals surface area (Å²) < 4.78 is 0. The van der Waals surface area contributed by atoms with Crippen molar-refractivity contribution in [3.63, 3.8) is 0 Å². The first kappa shape index (κ1) is 23.4. The van der Waals surface area contributed by atoms with E-state index in [4.69, 9.17) is 0 Å². The molecule has 2 aliphatic heterocycles. The summed E-state index contributed by atoms with van der Waals surface area (Å²) in [7, 11) is 0. The highest BCUT2D eigenvalue weighted by Crippen LogP contribution is 2.26. The Balaban J connectivity index is 1.51. The molecule has 2 unspecified atom stereocenters. The number of benzene rings is 2. The lowest BCUT2D eigenvalue weighted by molar-refractivity contribution is -0.138. The molecule has 3 N–H and O–H groups in total. The van der Waals surface area contributed by atoms with E-state index in [1.54, 1.807) is 24.3 Å². The fraction of sp³-hybridized carbons (Fsp3) is 0.360. The average molecular weight is 464 g/mol. The molecule has 9 heteroatoms. The summed E-state index contributed by atoms with van der Waals surface area (Å²) in [5.41, 5.74) is 3.01. The van der Waals surface area contributed by atoms with Gasteiger partial charge in [-0.2, -0.15) is 0 Å². The number of piperidine rings is 1. The van der Waals surface area contributed by atoms with E-state index in [0.29, 0.717) is 24.3 Å². The van der Waals surface area contributed by atoms with Crippen molar-refractivity contribution in [2.45, 2.75) is 45.3 Å². The number of hydrogen-bond acceptors (Lipinski definition) is 5. The average Bonchev–Trinajstić information content (AvgIpc) is 2.80. The molecule has 0 bridgehead atoms. The maximum absolute atomic E-state index is 13.4. The van der Waals surface area contributed by atoms with Crippen LogP contribution in [-0.4, -0.2) is 58.7 Å². The van der Waals surface area contributed by atoms with Crippen LogP contribution in [0.15, 0.2) is 48.5 Å². The van der Waals surface area contributed by atoms with Gasteiger partial charge in [-0.1, -0.05) is 35.9 Å². The van der Waals surface area contributed by atoms with Gasteiger partial charge in [0.25, 0.3) is 0 Å². The van der Waals surface area contributed by atoms with E-state index in [-0.39, 0.29) is 36.9 Å². The highest BCUT2D eigenvalue weighted by atomic mass is 16.2. The Morgan fingerprint density at radius 2 is 1.76 bits per heavy atom. The number of imide groups is 1. The summed E-state index contributed by atoms with van der Waals surface area (Å²) >= 11 is 0. The van der Waals surface area contributed by atoms with Crippen molar-refractivity contribution in [1.29, 1.82) is 0 Å². The van der Waals surface area contributed by atoms with Gasteiger partial charge in [0.1, 0.15) is 12.6 Å². The lowest BCUT2D eigenvalue weighted by atomic mass is 9.93. The van der Waals surface area contributed by atoms with Gasteiger partial charge in [-0.05, 0) is 50.1 Å². The maximum Gasteiger partial charge on any atom is 0.327 e. The van der Waals surface area contributed by atoms with Crippen LogP contribution in [0.1, 0.15) is 30.9 Å². The standard InChI is InChI=1S/C25H29N5O4/c1-16-8-10-18(11-9-16)14-30-24(33)23-21(7-4-12-26-23)29(25(30)34)15-22(32)28-20-6-3-5-19(13-20)27-17(2)31/h3,5-6,8-11,13,21,23,26H,4,7,12,14-15H2,1-2H3,(H,27,31)(H,28,32). The molecule has 2 aromatic rings. The van der Waals surface area contributed by atoms with E-state index < -0.39 is 12.1 Å². The van der Waals surface area contributed by atoms with E-state index in [1.165, 1.54) is 16.7 Å². The second-order valence-electron chi connectivity index (χ2n) is 8.77. The van der Waals surface area contributed by atoms with E-state index in [0.717, 1.165) is 17.5 Å². The molecule has 2 aliphatic rings. The van der Waals surface area contributed by atoms with Gasteiger partial charge in [-0.15, -0.1) is 0 Å². The third kappa shape index (κ3) is 5.26. The number of nitrogens with zero attached hydrogens (tertiary/aromatic N) is 2. The lowest BCUT2D eigenvalue weighted by Gasteiger charge is -2.46. The summed E-state index contributed by atoms with van der Waals surface area (Å²) in [4.78, 5) is 53.5. The molecule has 178 valence electrons. The van der Waals surface area contributed by atoms with Crippen LogP contribution in [0.25, 0.3) is 0 Å². The topological polar surface area (TPSA) is 111 Å². The predicted molar refractivity (Wildman–Crippen MR) is 128 cm³/mol. The zero-order valence-electron chi connectivity index (χ0n) is 19.3. The summed E-state index contributed by atoms with van der Waals surface area (Å²) in [5, 5.41) is 8.70. The second-order valence-corrected chi connectivity index (χ2v) is 8.77. The Kier molecular flexibility index (Phi) is 6.93. The Bertz CT molecular complexity index is 1100. The number of nitrogens with one attached hydrogen (secondary N) is 3. The number of carbonyl (C=O) groups excluding carboxylic acids is 4. The minimum Gasteiger partial charge on any atom is -0.326 e. The molecule has 0 saturated carbocycles. The molecule has 2 fully saturated rings. The largest absolute Gasteiger partial charge is 0.327 e. The Morgan fingerprint density at radius 3 is 2.47 bits per heavy atom. The summed E-state index contributed by atoms with van der Waals surface area (Å²) in [6.07, 6.45) is 1.47. The minimum absolute atomic E-state index is 0.153. The fourth-order valence-electron chi connectivity index (χ4n) is 4.46. The molecule has 0 aromatic heterocycles. The van der Waals surface area contributed by atoms with E-state index in [9.17, 15) is 19.2 Å². The molecular weight excluding hydrogens is 434 g/mol. The first-order valence-electron chi connectivity index (χ1n) is 11.4. The van der Waals surface area contributed by atoms with Crippen molar-refractivity contribution in [2.24, 2.45) is 0 Å². The van der Waals surface area contributed by atoms with Gasteiger partial charge in [-0.3, -0.25) is 19.3 Å². The first-order valence-corrected chi connectivity index (χ1v) is 11.4. The quantitative estimate of drug-likeness (QED) is 0.610. The summed E-state index contributed by atoms with van der Waals surface area (Å²) in [5.74, 6) is -0.839. The molecule has 2 atom stereocenters. The van der Waals surface area contributed by atoms with Gasteiger partial charge in [0.05, 0.1) is 12.6 Å². The number of rotatable bonds is 6. The molecule has 0 spiro atoms. The number of carbonyl (C=O) groups is 4. The number of urea groups is 1. The van der Waals surface area contributed by atoms with E-state index in [1.807, 2.05) is 31.2 Å². The number of anilines is 2. The van der Waals surface area contributed by atoms with Crippen LogP contribution in [0.5, 0.6) is 0 Å². The Labute approximate surface area is 198 Å². The van der Waals surface area contributed by atoms with Crippen molar-refractivity contribution in [1.82, 2.24) is 15.1 Å². The molecule has 4 rings (SSSR count). The monoisotopic (exact) mass is 463 g/mol. The minimum atomic E-state index is -0.534. The first-order chi connectivity index (χ1) is 16.3. The van der Waals surface area contributed by atoms with Gasteiger partial charge in [0.15, 0.2) is 0 Å². The van der Waals surface area contributed by atoms with Gasteiger partial charge in [-0.25, -0.2) is 4.79 Å². The highest BCUT2D eigenvalue weighted by Gasteiger charge is 2.47. The molecule has 9 nitrogen and oxygen atoms in total. The lowest BCUT2D eigenvalue weighted by Crippen LogP contribution is -2.70. The van der Waals surface area contributed by atoms with E-state index in [2.05, 4.69) is 16.0 Å². The van der Waals surface area contributed by atoms with Crippen LogP contribution in [0.2, 0.25) is 0 Å². The van der Waals surface area contributed by atoms with Gasteiger partial charge in [0.2, 0.25) is 17.7 Å². The van der Waals surface area contributed by atoms with Gasteiger partial charge in [0, 0.05) is 18.3 Å². The van der Waals surface area contributed by atoms with Crippen LogP contribution in [0.4, 0.5) is 16.2 Å². The molecule has 2 saturated heterocycles. The predicted octanol–water partition coefficient (Wildman–Crippen LogP) is 2.48. The van der Waals surface area contributed by atoms with Crippen molar-refractivity contribution in [3.8, 4) is 0 Å². The third-order valence-corrected chi connectivity index (χ3v) is 6.08. The SMILES string of the molecule is CC(=O)Nc1cccc(NC(=O)CN2C(=O)N(Cc3ccc(C)cc3)C(=O)C3NCCCC32)c1. The number of amides is 5. The summed E-state index contributed by atoms with van der Waals surface area (Å²) in [6.45, 7) is 4.05. The zero-order valence-corrected chi connectivity index (χ0v) is 19.3. The summed E-state index contributed by atoms with van der Waals surface area (Å²) in [6, 6.07) is 13.1. The zero-order chi connectivity index (χ0) is 24.2. The molecule has 5 amide bonds. The van der Waals surface area contributed by atoms with Gasteiger partial charge < -0.3 is 20.9 Å². The van der Waals surface area contributed by atoms with Crippen molar-refractivity contribution < 1.29 is 19.2 Å². The molecule has 0 radical (unpaired) electrons.